The minimum atomic E-state index is 0.184. The highest BCUT2D eigenvalue weighted by molar-refractivity contribution is 4.95. The molecule has 70 valence electrons. The second-order valence-electron chi connectivity index (χ2n) is 4.33. The Balaban J connectivity index is 1.96. The molecule has 12 heavy (non-hydrogen) atoms. The molecule has 1 saturated heterocycles. The molecular weight excluding hydrogens is 150 g/mol. The first-order valence-electron chi connectivity index (χ1n) is 5.18. The van der Waals surface area contributed by atoms with Gasteiger partial charge in [0.25, 0.3) is 0 Å². The van der Waals surface area contributed by atoms with Crippen LogP contribution in [0.1, 0.15) is 38.5 Å². The lowest BCUT2D eigenvalue weighted by atomic mass is 9.78. The summed E-state index contributed by atoms with van der Waals surface area (Å²) in [5, 5.41) is 0. The van der Waals surface area contributed by atoms with E-state index >= 15 is 0 Å². The van der Waals surface area contributed by atoms with Gasteiger partial charge in [0.2, 0.25) is 0 Å². The van der Waals surface area contributed by atoms with Crippen LogP contribution < -0.4 is 5.73 Å². The van der Waals surface area contributed by atoms with Gasteiger partial charge in [-0.3, -0.25) is 0 Å². The molecule has 2 fully saturated rings. The summed E-state index contributed by atoms with van der Waals surface area (Å²) in [6.45, 7) is 1.87. The molecule has 0 aromatic rings. The Kier molecular flexibility index (Phi) is 2.37. The van der Waals surface area contributed by atoms with E-state index in [4.69, 9.17) is 10.5 Å². The van der Waals surface area contributed by atoms with Gasteiger partial charge in [-0.15, -0.1) is 0 Å². The highest BCUT2D eigenvalue weighted by Gasteiger charge is 2.37. The SMILES string of the molecule is NC1(C2CCOCC2)CCCC1. The van der Waals surface area contributed by atoms with Gasteiger partial charge in [-0.2, -0.15) is 0 Å². The summed E-state index contributed by atoms with van der Waals surface area (Å²) in [6, 6.07) is 0. The van der Waals surface area contributed by atoms with Crippen molar-refractivity contribution in [1.82, 2.24) is 0 Å². The number of nitrogens with two attached hydrogens (primary N) is 1. The Morgan fingerprint density at radius 1 is 1.08 bits per heavy atom. The van der Waals surface area contributed by atoms with Gasteiger partial charge in [0.1, 0.15) is 0 Å². The molecule has 1 saturated carbocycles. The Morgan fingerprint density at radius 2 is 1.67 bits per heavy atom. The van der Waals surface area contributed by atoms with Crippen LogP contribution in [0.2, 0.25) is 0 Å². The molecule has 2 rings (SSSR count). The predicted molar refractivity (Wildman–Crippen MR) is 48.9 cm³/mol. The highest BCUT2D eigenvalue weighted by atomic mass is 16.5. The van der Waals surface area contributed by atoms with Gasteiger partial charge in [-0.1, -0.05) is 12.8 Å². The first-order chi connectivity index (χ1) is 5.81. The minimum absolute atomic E-state index is 0.184. The van der Waals surface area contributed by atoms with Crippen molar-refractivity contribution in [2.24, 2.45) is 11.7 Å². The number of rotatable bonds is 1. The Morgan fingerprint density at radius 3 is 2.25 bits per heavy atom. The Hall–Kier alpha value is -0.0800. The number of hydrogen-bond acceptors (Lipinski definition) is 2. The molecule has 0 aromatic heterocycles. The molecule has 1 aliphatic carbocycles. The lowest BCUT2D eigenvalue weighted by molar-refractivity contribution is 0.0394. The summed E-state index contributed by atoms with van der Waals surface area (Å²) in [5.41, 5.74) is 6.56. The summed E-state index contributed by atoms with van der Waals surface area (Å²) < 4.78 is 5.35. The van der Waals surface area contributed by atoms with E-state index in [1.54, 1.807) is 0 Å². The third-order valence-electron chi connectivity index (χ3n) is 3.57. The molecule has 0 aromatic carbocycles. The van der Waals surface area contributed by atoms with Crippen molar-refractivity contribution in [3.05, 3.63) is 0 Å². The van der Waals surface area contributed by atoms with E-state index in [9.17, 15) is 0 Å². The van der Waals surface area contributed by atoms with Gasteiger partial charge >= 0.3 is 0 Å². The normalized spacial score (nSPS) is 30.8. The fourth-order valence-corrected chi connectivity index (χ4v) is 2.71. The number of hydrogen-bond donors (Lipinski definition) is 1. The molecule has 0 atom stereocenters. The van der Waals surface area contributed by atoms with Crippen molar-refractivity contribution in [3.8, 4) is 0 Å². The maximum Gasteiger partial charge on any atom is 0.0469 e. The topological polar surface area (TPSA) is 35.2 Å². The summed E-state index contributed by atoms with van der Waals surface area (Å²) in [5.74, 6) is 0.744. The maximum atomic E-state index is 6.38. The van der Waals surface area contributed by atoms with E-state index in [1.807, 2.05) is 0 Å². The van der Waals surface area contributed by atoms with Gasteiger partial charge < -0.3 is 10.5 Å². The first kappa shape index (κ1) is 8.52. The molecule has 2 nitrogen and oxygen atoms in total. The van der Waals surface area contributed by atoms with Crippen LogP contribution >= 0.6 is 0 Å². The molecule has 2 heteroatoms. The molecule has 1 aliphatic heterocycles. The van der Waals surface area contributed by atoms with Gasteiger partial charge in [0.05, 0.1) is 0 Å². The van der Waals surface area contributed by atoms with Crippen LogP contribution in [0, 0.1) is 5.92 Å². The second kappa shape index (κ2) is 3.35. The van der Waals surface area contributed by atoms with E-state index < -0.39 is 0 Å². The molecule has 2 N–H and O–H groups in total. The second-order valence-corrected chi connectivity index (χ2v) is 4.33. The van der Waals surface area contributed by atoms with Gasteiger partial charge in [-0.05, 0) is 31.6 Å². The van der Waals surface area contributed by atoms with Crippen LogP contribution in [0.3, 0.4) is 0 Å². The minimum Gasteiger partial charge on any atom is -0.381 e. The summed E-state index contributed by atoms with van der Waals surface area (Å²) in [4.78, 5) is 0. The molecule has 0 amide bonds. The fraction of sp³-hybridized carbons (Fsp3) is 1.00. The van der Waals surface area contributed by atoms with Crippen molar-refractivity contribution < 1.29 is 4.74 Å². The van der Waals surface area contributed by atoms with E-state index in [1.165, 1.54) is 38.5 Å². The van der Waals surface area contributed by atoms with Crippen LogP contribution in [-0.2, 0) is 4.74 Å². The summed E-state index contributed by atoms with van der Waals surface area (Å²) >= 11 is 0. The standard InChI is InChI=1S/C10H19NO/c11-10(5-1-2-6-10)9-3-7-12-8-4-9/h9H,1-8,11H2. The van der Waals surface area contributed by atoms with Crippen molar-refractivity contribution in [3.63, 3.8) is 0 Å². The lowest BCUT2D eigenvalue weighted by Gasteiger charge is -2.36. The molecule has 2 aliphatic rings. The average molecular weight is 169 g/mol. The van der Waals surface area contributed by atoms with Crippen LogP contribution in [0.5, 0.6) is 0 Å². The summed E-state index contributed by atoms with van der Waals surface area (Å²) in [7, 11) is 0. The monoisotopic (exact) mass is 169 g/mol. The van der Waals surface area contributed by atoms with Crippen molar-refractivity contribution in [1.29, 1.82) is 0 Å². The Bertz CT molecular complexity index is 146. The van der Waals surface area contributed by atoms with E-state index in [0.29, 0.717) is 0 Å². The van der Waals surface area contributed by atoms with Gasteiger partial charge in [0.15, 0.2) is 0 Å². The van der Waals surface area contributed by atoms with Gasteiger partial charge in [-0.25, -0.2) is 0 Å². The van der Waals surface area contributed by atoms with Gasteiger partial charge in [0, 0.05) is 18.8 Å². The number of ether oxygens (including phenoxy) is 1. The summed E-state index contributed by atoms with van der Waals surface area (Å²) in [6.07, 6.45) is 7.56. The Labute approximate surface area is 74.5 Å². The average Bonchev–Trinajstić information content (AvgIpc) is 2.55. The molecular formula is C10H19NO. The fourth-order valence-electron chi connectivity index (χ4n) is 2.71. The highest BCUT2D eigenvalue weighted by Crippen LogP contribution is 2.38. The van der Waals surface area contributed by atoms with Crippen molar-refractivity contribution in [2.75, 3.05) is 13.2 Å². The molecule has 1 heterocycles. The molecule has 0 unspecified atom stereocenters. The molecule has 0 bridgehead atoms. The van der Waals surface area contributed by atoms with Crippen molar-refractivity contribution in [2.45, 2.75) is 44.1 Å². The predicted octanol–water partition coefficient (Wildman–Crippen LogP) is 1.68. The van der Waals surface area contributed by atoms with E-state index in [-0.39, 0.29) is 5.54 Å². The van der Waals surface area contributed by atoms with Crippen molar-refractivity contribution >= 4 is 0 Å². The third kappa shape index (κ3) is 1.50. The zero-order valence-corrected chi connectivity index (χ0v) is 7.72. The lowest BCUT2D eigenvalue weighted by Crippen LogP contribution is -2.46. The molecule has 0 radical (unpaired) electrons. The molecule has 0 spiro atoms. The zero-order valence-electron chi connectivity index (χ0n) is 7.72. The maximum absolute atomic E-state index is 6.38. The van der Waals surface area contributed by atoms with E-state index in [2.05, 4.69) is 0 Å². The van der Waals surface area contributed by atoms with Crippen LogP contribution in [0.15, 0.2) is 0 Å². The third-order valence-corrected chi connectivity index (χ3v) is 3.57. The smallest absolute Gasteiger partial charge is 0.0469 e. The first-order valence-corrected chi connectivity index (χ1v) is 5.18. The van der Waals surface area contributed by atoms with Crippen LogP contribution in [0.4, 0.5) is 0 Å². The van der Waals surface area contributed by atoms with E-state index in [0.717, 1.165) is 19.1 Å². The quantitative estimate of drug-likeness (QED) is 0.648. The largest absolute Gasteiger partial charge is 0.381 e. The van der Waals surface area contributed by atoms with Crippen LogP contribution in [-0.4, -0.2) is 18.8 Å². The van der Waals surface area contributed by atoms with Crippen LogP contribution in [0.25, 0.3) is 0 Å². The zero-order chi connectivity index (χ0) is 8.44.